The summed E-state index contributed by atoms with van der Waals surface area (Å²) < 4.78 is 11.4. The van der Waals surface area contributed by atoms with E-state index < -0.39 is 0 Å². The highest BCUT2D eigenvalue weighted by Crippen LogP contribution is 2.37. The van der Waals surface area contributed by atoms with E-state index in [1.54, 1.807) is 0 Å². The summed E-state index contributed by atoms with van der Waals surface area (Å²) in [6, 6.07) is 3.79. The molecule has 0 atom stereocenters. The highest BCUT2D eigenvalue weighted by Gasteiger charge is 2.15. The second-order valence-corrected chi connectivity index (χ2v) is 3.86. The number of aryl methyl sites for hydroxylation is 1. The van der Waals surface area contributed by atoms with Gasteiger partial charge in [-0.3, -0.25) is 0 Å². The number of benzene rings is 1. The summed E-state index contributed by atoms with van der Waals surface area (Å²) in [4.78, 5) is 10.3. The van der Waals surface area contributed by atoms with Crippen LogP contribution in [0.2, 0.25) is 0 Å². The molecular formula is C10H9BrO3. The van der Waals surface area contributed by atoms with Gasteiger partial charge in [-0.2, -0.15) is 0 Å². The number of aldehydes is 1. The van der Waals surface area contributed by atoms with Crippen molar-refractivity contribution < 1.29 is 14.3 Å². The van der Waals surface area contributed by atoms with E-state index in [9.17, 15) is 4.79 Å². The smallest absolute Gasteiger partial charge is 0.231 e. The molecule has 0 unspecified atom stereocenters. The Bertz CT molecular complexity index is 363. The van der Waals surface area contributed by atoms with Crippen molar-refractivity contribution in [3.05, 3.63) is 22.2 Å². The van der Waals surface area contributed by atoms with Crippen molar-refractivity contribution in [3.63, 3.8) is 0 Å². The van der Waals surface area contributed by atoms with Crippen LogP contribution in [0.3, 0.4) is 0 Å². The zero-order chi connectivity index (χ0) is 9.97. The minimum Gasteiger partial charge on any atom is -0.454 e. The normalized spacial score (nSPS) is 12.9. The number of halogens is 1. The number of hydrogen-bond acceptors (Lipinski definition) is 3. The summed E-state index contributed by atoms with van der Waals surface area (Å²) in [6.07, 6.45) is 2.16. The molecule has 0 N–H and O–H groups in total. The van der Waals surface area contributed by atoms with Gasteiger partial charge in [0.2, 0.25) is 6.79 Å². The molecule has 1 aromatic rings. The molecule has 1 aliphatic heterocycles. The van der Waals surface area contributed by atoms with E-state index in [2.05, 4.69) is 15.9 Å². The molecule has 0 aromatic heterocycles. The molecule has 0 bridgehead atoms. The zero-order valence-corrected chi connectivity index (χ0v) is 9.04. The van der Waals surface area contributed by atoms with E-state index in [1.807, 2.05) is 12.1 Å². The third kappa shape index (κ3) is 1.75. The quantitative estimate of drug-likeness (QED) is 0.779. The maximum Gasteiger partial charge on any atom is 0.231 e. The molecule has 1 heterocycles. The van der Waals surface area contributed by atoms with Gasteiger partial charge in [0.15, 0.2) is 11.5 Å². The van der Waals surface area contributed by atoms with Crippen LogP contribution < -0.4 is 9.47 Å². The molecule has 0 saturated carbocycles. The van der Waals surface area contributed by atoms with Crippen molar-refractivity contribution in [2.24, 2.45) is 0 Å². The first kappa shape index (κ1) is 9.52. The Hall–Kier alpha value is -1.03. The first-order valence-electron chi connectivity index (χ1n) is 4.33. The Morgan fingerprint density at radius 1 is 1.36 bits per heavy atom. The minimum atomic E-state index is 0.277. The van der Waals surface area contributed by atoms with E-state index in [1.165, 1.54) is 0 Å². The molecule has 1 aliphatic rings. The average molecular weight is 257 g/mol. The van der Waals surface area contributed by atoms with E-state index in [0.29, 0.717) is 6.42 Å². The zero-order valence-electron chi connectivity index (χ0n) is 7.46. The van der Waals surface area contributed by atoms with Gasteiger partial charge < -0.3 is 14.3 Å². The average Bonchev–Trinajstić information content (AvgIpc) is 2.61. The molecule has 1 aromatic carbocycles. The molecule has 2 rings (SSSR count). The lowest BCUT2D eigenvalue weighted by atomic mass is 10.1. The lowest BCUT2D eigenvalue weighted by molar-refractivity contribution is -0.107. The summed E-state index contributed by atoms with van der Waals surface area (Å²) >= 11 is 3.43. The minimum absolute atomic E-state index is 0.277. The first-order chi connectivity index (χ1) is 6.81. The topological polar surface area (TPSA) is 35.5 Å². The molecule has 14 heavy (non-hydrogen) atoms. The van der Waals surface area contributed by atoms with Crippen molar-refractivity contribution in [2.75, 3.05) is 6.79 Å². The number of hydrogen-bond donors (Lipinski definition) is 0. The monoisotopic (exact) mass is 256 g/mol. The Morgan fingerprint density at radius 3 is 2.79 bits per heavy atom. The van der Waals surface area contributed by atoms with E-state index >= 15 is 0 Å². The molecule has 0 saturated heterocycles. The molecule has 0 fully saturated rings. The highest BCUT2D eigenvalue weighted by molar-refractivity contribution is 9.10. The summed E-state index contributed by atoms with van der Waals surface area (Å²) in [7, 11) is 0. The SMILES string of the molecule is O=CCCc1cc2c(cc1Br)OCO2. The summed E-state index contributed by atoms with van der Waals surface area (Å²) in [6.45, 7) is 0.277. The van der Waals surface area contributed by atoms with Crippen molar-refractivity contribution in [1.29, 1.82) is 0 Å². The number of ether oxygens (including phenoxy) is 2. The van der Waals surface area contributed by atoms with E-state index in [0.717, 1.165) is 34.2 Å². The van der Waals surface area contributed by atoms with Gasteiger partial charge in [0, 0.05) is 10.9 Å². The van der Waals surface area contributed by atoms with Gasteiger partial charge in [0.1, 0.15) is 6.29 Å². The Labute approximate surface area is 90.1 Å². The standard InChI is InChI=1S/C10H9BrO3/c11-8-5-10-9(13-6-14-10)4-7(8)2-1-3-12/h3-5H,1-2,6H2. The predicted molar refractivity (Wildman–Crippen MR) is 54.7 cm³/mol. The lowest BCUT2D eigenvalue weighted by Gasteiger charge is -2.03. The van der Waals surface area contributed by atoms with Gasteiger partial charge in [-0.25, -0.2) is 0 Å². The highest BCUT2D eigenvalue weighted by atomic mass is 79.9. The van der Waals surface area contributed by atoms with Gasteiger partial charge in [-0.1, -0.05) is 15.9 Å². The summed E-state index contributed by atoms with van der Waals surface area (Å²) in [5, 5.41) is 0. The van der Waals surface area contributed by atoms with Crippen LogP contribution in [-0.2, 0) is 11.2 Å². The van der Waals surface area contributed by atoms with Crippen molar-refractivity contribution in [1.82, 2.24) is 0 Å². The molecule has 0 amide bonds. The Balaban J connectivity index is 2.27. The van der Waals surface area contributed by atoms with Crippen LogP contribution in [0, 0.1) is 0 Å². The largest absolute Gasteiger partial charge is 0.454 e. The Morgan fingerprint density at radius 2 is 2.07 bits per heavy atom. The second-order valence-electron chi connectivity index (χ2n) is 3.00. The molecule has 0 radical (unpaired) electrons. The van der Waals surface area contributed by atoms with Gasteiger partial charge >= 0.3 is 0 Å². The molecular weight excluding hydrogens is 248 g/mol. The third-order valence-electron chi connectivity index (χ3n) is 2.07. The van der Waals surface area contributed by atoms with Gasteiger partial charge in [-0.15, -0.1) is 0 Å². The van der Waals surface area contributed by atoms with Crippen LogP contribution in [0.1, 0.15) is 12.0 Å². The van der Waals surface area contributed by atoms with Crippen molar-refractivity contribution in [2.45, 2.75) is 12.8 Å². The number of carbonyl (C=O) groups excluding carboxylic acids is 1. The summed E-state index contributed by atoms with van der Waals surface area (Å²) in [5.74, 6) is 1.51. The molecule has 0 spiro atoms. The number of fused-ring (bicyclic) bond motifs is 1. The first-order valence-corrected chi connectivity index (χ1v) is 5.12. The fraction of sp³-hybridized carbons (Fsp3) is 0.300. The maximum atomic E-state index is 10.3. The van der Waals surface area contributed by atoms with Crippen LogP contribution in [0.5, 0.6) is 11.5 Å². The van der Waals surface area contributed by atoms with Gasteiger partial charge in [0.05, 0.1) is 0 Å². The van der Waals surface area contributed by atoms with Crippen LogP contribution in [0.4, 0.5) is 0 Å². The van der Waals surface area contributed by atoms with Gasteiger partial charge in [0.25, 0.3) is 0 Å². The Kier molecular flexibility index (Phi) is 2.72. The molecule has 4 heteroatoms. The van der Waals surface area contributed by atoms with Crippen LogP contribution in [-0.4, -0.2) is 13.1 Å². The van der Waals surface area contributed by atoms with Crippen molar-refractivity contribution >= 4 is 22.2 Å². The molecule has 74 valence electrons. The summed E-state index contributed by atoms with van der Waals surface area (Å²) in [5.41, 5.74) is 1.07. The van der Waals surface area contributed by atoms with E-state index in [4.69, 9.17) is 9.47 Å². The number of carbonyl (C=O) groups is 1. The maximum absolute atomic E-state index is 10.3. The van der Waals surface area contributed by atoms with Crippen LogP contribution in [0.25, 0.3) is 0 Å². The third-order valence-corrected chi connectivity index (χ3v) is 2.81. The van der Waals surface area contributed by atoms with Crippen LogP contribution >= 0.6 is 15.9 Å². The van der Waals surface area contributed by atoms with Crippen molar-refractivity contribution in [3.8, 4) is 11.5 Å². The van der Waals surface area contributed by atoms with E-state index in [-0.39, 0.29) is 6.79 Å². The number of rotatable bonds is 3. The fourth-order valence-electron chi connectivity index (χ4n) is 1.37. The van der Waals surface area contributed by atoms with Gasteiger partial charge in [-0.05, 0) is 24.1 Å². The fourth-order valence-corrected chi connectivity index (χ4v) is 1.89. The molecule has 0 aliphatic carbocycles. The predicted octanol–water partition coefficient (Wildman–Crippen LogP) is 2.31. The van der Waals surface area contributed by atoms with Crippen LogP contribution in [0.15, 0.2) is 16.6 Å². The lowest BCUT2D eigenvalue weighted by Crippen LogP contribution is -1.93. The molecule has 3 nitrogen and oxygen atoms in total. The second kappa shape index (κ2) is 4.00.